The van der Waals surface area contributed by atoms with Crippen molar-refractivity contribution < 1.29 is 43.5 Å². The van der Waals surface area contributed by atoms with Gasteiger partial charge in [-0.25, -0.2) is 3.63 Å². The molecule has 0 N–H and O–H groups in total. The van der Waals surface area contributed by atoms with Gasteiger partial charge in [0.1, 0.15) is 0 Å². The second kappa shape index (κ2) is 12.0. The van der Waals surface area contributed by atoms with Crippen LogP contribution in [0.3, 0.4) is 0 Å². The molecule has 3 aromatic rings. The van der Waals surface area contributed by atoms with Crippen LogP contribution < -0.4 is 0 Å². The van der Waals surface area contributed by atoms with Crippen LogP contribution in [-0.4, -0.2) is 37.8 Å². The molecule has 0 radical (unpaired) electrons. The molecule has 0 aliphatic carbocycles. The van der Waals surface area contributed by atoms with E-state index in [4.69, 9.17) is 15.2 Å². The van der Waals surface area contributed by atoms with Crippen LogP contribution in [0.25, 0.3) is 0 Å². The minimum atomic E-state index is -6.43. The summed E-state index contributed by atoms with van der Waals surface area (Å²) in [6.45, 7) is 0. The molecule has 1 atom stereocenters. The topological polar surface area (TPSA) is 69.7 Å². The van der Waals surface area contributed by atoms with Gasteiger partial charge in [-0.2, -0.15) is 30.4 Å². The summed E-state index contributed by atoms with van der Waals surface area (Å²) in [4.78, 5) is 12.2. The molecule has 0 bridgehead atoms. The van der Waals surface area contributed by atoms with E-state index in [2.05, 4.69) is 4.74 Å². The van der Waals surface area contributed by atoms with Crippen molar-refractivity contribution >= 4 is 38.0 Å². The van der Waals surface area contributed by atoms with Crippen molar-refractivity contribution in [2.24, 2.45) is 0 Å². The van der Waals surface area contributed by atoms with E-state index in [0.717, 1.165) is 0 Å². The fraction of sp³-hybridized carbons (Fsp3) is 0.240. The van der Waals surface area contributed by atoms with Crippen LogP contribution in [0.5, 0.6) is 0 Å². The molecule has 0 spiro atoms. The zero-order valence-corrected chi connectivity index (χ0v) is 21.9. The van der Waals surface area contributed by atoms with Gasteiger partial charge in [-0.3, -0.25) is 4.79 Å². The van der Waals surface area contributed by atoms with E-state index in [1.807, 2.05) is 0 Å². The molecule has 0 heterocycles. The summed E-state index contributed by atoms with van der Waals surface area (Å²) in [5.74, 6) is -1.84. The Morgan fingerprint density at radius 1 is 0.763 bits per heavy atom. The van der Waals surface area contributed by atoms with E-state index in [-0.39, 0.29) is 27.0 Å². The number of hydrogen-bond acceptors (Lipinski definition) is 5. The van der Waals surface area contributed by atoms with Crippen LogP contribution in [0.2, 0.25) is 0 Å². The minimum absolute atomic E-state index is 0.124. The number of carbonyl (C=O) groups is 1. The predicted molar refractivity (Wildman–Crippen MR) is 133 cm³/mol. The Labute approximate surface area is 223 Å². The van der Waals surface area contributed by atoms with Crippen molar-refractivity contribution in [1.29, 1.82) is 0 Å². The molecule has 0 amide bonds. The lowest BCUT2D eigenvalue weighted by atomic mass is 10.3. The molecule has 0 aliphatic heterocycles. The van der Waals surface area contributed by atoms with Crippen LogP contribution in [-0.2, 0) is 23.3 Å². The van der Waals surface area contributed by atoms with E-state index < -0.39 is 50.4 Å². The monoisotopic (exact) mass is 596 g/mol. The Bertz CT molecular complexity index is 1210. The third-order valence-electron chi connectivity index (χ3n) is 5.12. The summed E-state index contributed by atoms with van der Waals surface area (Å²) in [5.41, 5.74) is 0. The molecule has 13 heteroatoms. The van der Waals surface area contributed by atoms with Gasteiger partial charge in [0.05, 0.1) is 0 Å². The zero-order valence-electron chi connectivity index (χ0n) is 19.5. The molecule has 0 fully saturated rings. The maximum Gasteiger partial charge on any atom is 0.432 e. The van der Waals surface area contributed by atoms with Gasteiger partial charge in [-0.15, -0.1) is 11.6 Å². The zero-order chi connectivity index (χ0) is 28.0. The van der Waals surface area contributed by atoms with Gasteiger partial charge in [-0.1, -0.05) is 54.6 Å². The number of benzene rings is 3. The van der Waals surface area contributed by atoms with E-state index in [0.29, 0.717) is 0 Å². The van der Waals surface area contributed by atoms with E-state index in [9.17, 15) is 26.4 Å². The summed E-state index contributed by atoms with van der Waals surface area (Å²) >= 11 is 5.39. The second-order valence-corrected chi connectivity index (χ2v) is 12.7. The van der Waals surface area contributed by atoms with Gasteiger partial charge in [0.25, 0.3) is 6.10 Å². The smallest absolute Gasteiger partial charge is 0.432 e. The third kappa shape index (κ3) is 6.31. The molecule has 0 aliphatic rings. The van der Waals surface area contributed by atoms with Crippen molar-refractivity contribution in [1.82, 2.24) is 0 Å². The van der Waals surface area contributed by atoms with E-state index >= 15 is 8.78 Å². The van der Waals surface area contributed by atoms with E-state index in [1.165, 1.54) is 72.8 Å². The van der Waals surface area contributed by atoms with Crippen LogP contribution in [0.1, 0.15) is 12.8 Å². The Hall–Kier alpha value is -2.67. The van der Waals surface area contributed by atoms with Gasteiger partial charge in [0.15, 0.2) is 0 Å². The van der Waals surface area contributed by atoms with Crippen LogP contribution in [0, 0.1) is 0 Å². The Balaban J connectivity index is 2.22. The highest BCUT2D eigenvalue weighted by molar-refractivity contribution is 8.33. The summed E-state index contributed by atoms with van der Waals surface area (Å²) in [5, 5.41) is -5.71. The van der Waals surface area contributed by atoms with E-state index in [1.54, 1.807) is 18.2 Å². The quantitative estimate of drug-likeness (QED) is 0.132. The van der Waals surface area contributed by atoms with Crippen molar-refractivity contribution in [3.8, 4) is 0 Å². The predicted octanol–water partition coefficient (Wildman–Crippen LogP) is 7.32. The number of esters is 1. The highest BCUT2D eigenvalue weighted by Gasteiger charge is 2.68. The standard InChI is InChI=1S/C25H22ClF5O5S2/c26-18-10-17-22(32)35-23(24(27,28)29)25(30,31)38(33,34)36-37(19-11-4-1-5-12-19,20-13-6-2-7-14-20)21-15-8-3-9-16-21/h1-9,11-16,23H,10,17-18H2. The third-order valence-corrected chi connectivity index (χ3v) is 10.6. The molecule has 5 nitrogen and oxygen atoms in total. The highest BCUT2D eigenvalue weighted by atomic mass is 35.5. The fourth-order valence-corrected chi connectivity index (χ4v) is 8.80. The lowest BCUT2D eigenvalue weighted by Gasteiger charge is -2.40. The number of ether oxygens (including phenoxy) is 1. The first kappa shape index (κ1) is 29.9. The van der Waals surface area contributed by atoms with Crippen molar-refractivity contribution in [2.75, 3.05) is 5.88 Å². The molecule has 206 valence electrons. The molecule has 3 rings (SSSR count). The Morgan fingerprint density at radius 2 is 1.16 bits per heavy atom. The average molecular weight is 597 g/mol. The van der Waals surface area contributed by atoms with Crippen LogP contribution in [0.15, 0.2) is 106 Å². The Kier molecular flexibility index (Phi) is 9.45. The van der Waals surface area contributed by atoms with Crippen LogP contribution in [0.4, 0.5) is 22.0 Å². The largest absolute Gasteiger partial charge is 0.445 e. The molecule has 38 heavy (non-hydrogen) atoms. The molecule has 0 saturated carbocycles. The number of rotatable bonds is 11. The summed E-state index contributed by atoms with van der Waals surface area (Å²) in [6, 6.07) is 22.4. The maximum absolute atomic E-state index is 15.4. The Morgan fingerprint density at radius 3 is 1.50 bits per heavy atom. The normalized spacial score (nSPS) is 14.1. The molecular weight excluding hydrogens is 575 g/mol. The molecule has 0 saturated heterocycles. The van der Waals surface area contributed by atoms with Gasteiger partial charge in [0.2, 0.25) is 0 Å². The van der Waals surface area contributed by atoms with Crippen molar-refractivity contribution in [2.45, 2.75) is 45.1 Å². The maximum atomic E-state index is 15.4. The summed E-state index contributed by atoms with van der Waals surface area (Å²) < 4.78 is 108. The van der Waals surface area contributed by atoms with Gasteiger partial charge < -0.3 is 4.74 Å². The second-order valence-electron chi connectivity index (χ2n) is 7.78. The van der Waals surface area contributed by atoms with Crippen molar-refractivity contribution in [3.05, 3.63) is 91.0 Å². The van der Waals surface area contributed by atoms with Gasteiger partial charge in [-0.05, 0) is 53.1 Å². The SMILES string of the molecule is O=C(CCCCl)OC(C(F)(F)F)C(F)(F)S(=O)(=O)OS(c1ccccc1)(c1ccccc1)c1ccccc1. The fourth-order valence-electron chi connectivity index (χ4n) is 3.40. The van der Waals surface area contributed by atoms with Gasteiger partial charge >= 0.3 is 27.5 Å². The summed E-state index contributed by atoms with van der Waals surface area (Å²) in [6.07, 6.45) is -11.1. The molecule has 3 aromatic carbocycles. The molecular formula is C25H22ClF5O5S2. The summed E-state index contributed by atoms with van der Waals surface area (Å²) in [7, 11) is -10.0. The van der Waals surface area contributed by atoms with Crippen molar-refractivity contribution in [3.63, 3.8) is 0 Å². The first-order chi connectivity index (χ1) is 17.9. The lowest BCUT2D eigenvalue weighted by molar-refractivity contribution is -0.259. The average Bonchev–Trinajstić information content (AvgIpc) is 2.90. The lowest BCUT2D eigenvalue weighted by Crippen LogP contribution is -2.52. The number of carbonyl (C=O) groups excluding carboxylic acids is 1. The first-order valence-corrected chi connectivity index (χ1v) is 14.5. The highest BCUT2D eigenvalue weighted by Crippen LogP contribution is 2.70. The molecule has 0 aromatic heterocycles. The van der Waals surface area contributed by atoms with Gasteiger partial charge in [0, 0.05) is 27.0 Å². The molecule has 1 unspecified atom stereocenters. The first-order valence-electron chi connectivity index (χ1n) is 11.0. The minimum Gasteiger partial charge on any atom is -0.445 e. The van der Waals surface area contributed by atoms with Crippen LogP contribution >= 0.6 is 21.9 Å². The number of halogens is 6. The number of hydrogen-bond donors (Lipinski definition) is 0. The number of alkyl halides is 6.